The normalized spacial score (nSPS) is 26.6. The Morgan fingerprint density at radius 3 is 2.31 bits per heavy atom. The smallest absolute Gasteiger partial charge is 0.320 e. The molecule has 16 heavy (non-hydrogen) atoms. The van der Waals surface area contributed by atoms with E-state index in [0.717, 1.165) is 32.6 Å². The lowest BCUT2D eigenvalue weighted by molar-refractivity contribution is 0.149. The zero-order chi connectivity index (χ0) is 11.5. The van der Waals surface area contributed by atoms with Crippen LogP contribution in [0, 0.1) is 0 Å². The van der Waals surface area contributed by atoms with Crippen LogP contribution in [0.3, 0.4) is 0 Å². The average Bonchev–Trinajstić information content (AvgIpc) is 2.78. The van der Waals surface area contributed by atoms with Gasteiger partial charge in [0.2, 0.25) is 0 Å². The molecule has 0 radical (unpaired) electrons. The number of urea groups is 1. The van der Waals surface area contributed by atoms with Gasteiger partial charge in [-0.2, -0.15) is 0 Å². The second-order valence-corrected chi connectivity index (χ2v) is 5.18. The molecule has 2 fully saturated rings. The van der Waals surface area contributed by atoms with E-state index in [1.807, 2.05) is 9.80 Å². The third kappa shape index (κ3) is 2.48. The number of amides is 2. The lowest BCUT2D eigenvalue weighted by atomic mass is 10.1. The van der Waals surface area contributed by atoms with Crippen molar-refractivity contribution in [2.24, 2.45) is 0 Å². The molecule has 0 N–H and O–H groups in total. The van der Waals surface area contributed by atoms with Crippen molar-refractivity contribution in [2.75, 3.05) is 40.3 Å². The maximum Gasteiger partial charge on any atom is 0.320 e. The fraction of sp³-hybridized carbons (Fsp3) is 0.917. The zero-order valence-electron chi connectivity index (χ0n) is 10.5. The monoisotopic (exact) mass is 225 g/mol. The highest BCUT2D eigenvalue weighted by Crippen LogP contribution is 2.17. The van der Waals surface area contributed by atoms with E-state index >= 15 is 0 Å². The Bertz CT molecular complexity index is 249. The fourth-order valence-electron chi connectivity index (χ4n) is 2.62. The van der Waals surface area contributed by atoms with Crippen molar-refractivity contribution in [3.63, 3.8) is 0 Å². The van der Waals surface area contributed by atoms with Crippen molar-refractivity contribution >= 4 is 6.03 Å². The lowest BCUT2D eigenvalue weighted by Gasteiger charge is -2.31. The number of nitrogens with zero attached hydrogens (tertiary/aromatic N) is 3. The summed E-state index contributed by atoms with van der Waals surface area (Å²) in [5.74, 6) is 0. The number of hydrogen-bond donors (Lipinski definition) is 0. The molecule has 0 unspecified atom stereocenters. The van der Waals surface area contributed by atoms with Gasteiger partial charge in [-0.1, -0.05) is 0 Å². The van der Waals surface area contributed by atoms with Gasteiger partial charge in [0.25, 0.3) is 0 Å². The Balaban J connectivity index is 1.86. The summed E-state index contributed by atoms with van der Waals surface area (Å²) in [5.41, 5.74) is 0. The average molecular weight is 225 g/mol. The number of carbonyl (C=O) groups excluding carboxylic acids is 1. The minimum absolute atomic E-state index is 0.268. The van der Waals surface area contributed by atoms with Crippen LogP contribution in [0.2, 0.25) is 0 Å². The molecule has 0 aromatic carbocycles. The van der Waals surface area contributed by atoms with Gasteiger partial charge in [-0.05, 0) is 39.8 Å². The largest absolute Gasteiger partial charge is 0.325 e. The second-order valence-electron chi connectivity index (χ2n) is 5.18. The second kappa shape index (κ2) is 5.04. The van der Waals surface area contributed by atoms with E-state index in [1.54, 1.807) is 0 Å². The van der Waals surface area contributed by atoms with Crippen LogP contribution in [-0.2, 0) is 0 Å². The van der Waals surface area contributed by atoms with E-state index in [4.69, 9.17) is 0 Å². The Morgan fingerprint density at radius 1 is 1.06 bits per heavy atom. The molecule has 2 heterocycles. The third-order valence-electron chi connectivity index (χ3n) is 3.79. The van der Waals surface area contributed by atoms with Crippen LogP contribution in [-0.4, -0.2) is 67.0 Å². The number of carbonyl (C=O) groups is 1. The van der Waals surface area contributed by atoms with Crippen LogP contribution >= 0.6 is 0 Å². The lowest BCUT2D eigenvalue weighted by Crippen LogP contribution is -2.45. The van der Waals surface area contributed by atoms with E-state index in [9.17, 15) is 4.79 Å². The first kappa shape index (κ1) is 11.7. The van der Waals surface area contributed by atoms with Crippen molar-refractivity contribution in [1.29, 1.82) is 0 Å². The Morgan fingerprint density at radius 2 is 1.75 bits per heavy atom. The maximum absolute atomic E-state index is 12.2. The van der Waals surface area contributed by atoms with E-state index in [2.05, 4.69) is 19.0 Å². The molecule has 0 bridgehead atoms. The summed E-state index contributed by atoms with van der Waals surface area (Å²) in [5, 5.41) is 0. The molecular formula is C12H23N3O. The van der Waals surface area contributed by atoms with Gasteiger partial charge in [-0.3, -0.25) is 0 Å². The summed E-state index contributed by atoms with van der Waals surface area (Å²) in [7, 11) is 4.19. The molecule has 4 nitrogen and oxygen atoms in total. The first-order chi connectivity index (χ1) is 7.68. The summed E-state index contributed by atoms with van der Waals surface area (Å²) in [6.45, 7) is 3.75. The summed E-state index contributed by atoms with van der Waals surface area (Å²) < 4.78 is 0. The van der Waals surface area contributed by atoms with Crippen LogP contribution in [0.25, 0.3) is 0 Å². The van der Waals surface area contributed by atoms with Crippen molar-refractivity contribution in [1.82, 2.24) is 14.7 Å². The minimum Gasteiger partial charge on any atom is -0.325 e. The molecule has 2 amide bonds. The first-order valence-electron chi connectivity index (χ1n) is 6.39. The highest BCUT2D eigenvalue weighted by atomic mass is 16.2. The highest BCUT2D eigenvalue weighted by Gasteiger charge is 2.30. The maximum atomic E-state index is 12.2. The van der Waals surface area contributed by atoms with E-state index in [0.29, 0.717) is 6.04 Å². The molecule has 0 spiro atoms. The molecule has 4 heteroatoms. The van der Waals surface area contributed by atoms with Gasteiger partial charge in [0.1, 0.15) is 0 Å². The summed E-state index contributed by atoms with van der Waals surface area (Å²) >= 11 is 0. The van der Waals surface area contributed by atoms with Gasteiger partial charge in [0.15, 0.2) is 0 Å². The molecule has 2 aliphatic rings. The van der Waals surface area contributed by atoms with Gasteiger partial charge in [-0.25, -0.2) is 4.79 Å². The van der Waals surface area contributed by atoms with Crippen LogP contribution in [0.1, 0.15) is 25.7 Å². The number of likely N-dealkylation sites (N-methyl/N-ethyl adjacent to an activating group) is 1. The molecule has 2 rings (SSSR count). The standard InChI is InChI=1S/C12H23N3O/c1-13(2)11-6-9-15(10-11)12(16)14-7-4-3-5-8-14/h11H,3-10H2,1-2H3/t11-/m0/s1. The molecule has 0 aliphatic carbocycles. The predicted molar refractivity (Wildman–Crippen MR) is 64.5 cm³/mol. The molecule has 0 aromatic heterocycles. The van der Waals surface area contributed by atoms with Gasteiger partial charge in [0, 0.05) is 32.2 Å². The first-order valence-corrected chi connectivity index (χ1v) is 6.39. The summed E-state index contributed by atoms with van der Waals surface area (Å²) in [6.07, 6.45) is 4.75. The number of likely N-dealkylation sites (tertiary alicyclic amines) is 2. The Hall–Kier alpha value is -0.770. The van der Waals surface area contributed by atoms with Gasteiger partial charge in [-0.15, -0.1) is 0 Å². The number of piperidine rings is 1. The van der Waals surface area contributed by atoms with Crippen LogP contribution in [0.4, 0.5) is 4.79 Å². The highest BCUT2D eigenvalue weighted by molar-refractivity contribution is 5.74. The molecular weight excluding hydrogens is 202 g/mol. The predicted octanol–water partition coefficient (Wildman–Crippen LogP) is 1.23. The molecule has 0 saturated carbocycles. The zero-order valence-corrected chi connectivity index (χ0v) is 10.5. The third-order valence-corrected chi connectivity index (χ3v) is 3.79. The molecule has 2 saturated heterocycles. The molecule has 2 aliphatic heterocycles. The van der Waals surface area contributed by atoms with Gasteiger partial charge >= 0.3 is 6.03 Å². The summed E-state index contributed by atoms with van der Waals surface area (Å²) in [6, 6.07) is 0.817. The van der Waals surface area contributed by atoms with E-state index < -0.39 is 0 Å². The summed E-state index contributed by atoms with van der Waals surface area (Å²) in [4.78, 5) is 18.5. The molecule has 0 aromatic rings. The molecule has 92 valence electrons. The van der Waals surface area contributed by atoms with Crippen LogP contribution in [0.15, 0.2) is 0 Å². The Kier molecular flexibility index (Phi) is 3.69. The van der Waals surface area contributed by atoms with Gasteiger partial charge < -0.3 is 14.7 Å². The van der Waals surface area contributed by atoms with E-state index in [-0.39, 0.29) is 6.03 Å². The van der Waals surface area contributed by atoms with Crippen molar-refractivity contribution in [3.05, 3.63) is 0 Å². The minimum atomic E-state index is 0.268. The Labute approximate surface area is 98.2 Å². The number of rotatable bonds is 1. The topological polar surface area (TPSA) is 26.8 Å². The SMILES string of the molecule is CN(C)[C@H]1CCN(C(=O)N2CCCCC2)C1. The molecule has 1 atom stereocenters. The fourth-order valence-corrected chi connectivity index (χ4v) is 2.62. The van der Waals surface area contributed by atoms with Crippen molar-refractivity contribution in [2.45, 2.75) is 31.7 Å². The number of hydrogen-bond acceptors (Lipinski definition) is 2. The van der Waals surface area contributed by atoms with Crippen LogP contribution < -0.4 is 0 Å². The quantitative estimate of drug-likeness (QED) is 0.671. The van der Waals surface area contributed by atoms with Crippen LogP contribution in [0.5, 0.6) is 0 Å². The van der Waals surface area contributed by atoms with Crippen molar-refractivity contribution in [3.8, 4) is 0 Å². The van der Waals surface area contributed by atoms with E-state index in [1.165, 1.54) is 19.3 Å². The van der Waals surface area contributed by atoms with Gasteiger partial charge in [0.05, 0.1) is 0 Å². The van der Waals surface area contributed by atoms with Crippen molar-refractivity contribution < 1.29 is 4.79 Å².